The normalized spacial score (nSPS) is 15.8. The molecule has 0 N–H and O–H groups in total. The Kier molecular flexibility index (Phi) is 4.00. The molecule has 2 aromatic heterocycles. The summed E-state index contributed by atoms with van der Waals surface area (Å²) >= 11 is 0. The second-order valence-electron chi connectivity index (χ2n) is 5.76. The van der Waals surface area contributed by atoms with Crippen molar-refractivity contribution >= 4 is 10.0 Å². The molecule has 0 amide bonds. The van der Waals surface area contributed by atoms with E-state index < -0.39 is 26.6 Å². The third kappa shape index (κ3) is 2.76. The van der Waals surface area contributed by atoms with Crippen molar-refractivity contribution in [1.29, 1.82) is 0 Å². The predicted octanol–water partition coefficient (Wildman–Crippen LogP) is 2.20. The number of hydrogen-bond acceptors (Lipinski definition) is 6. The van der Waals surface area contributed by atoms with Crippen LogP contribution in [0.1, 0.15) is 11.8 Å². The van der Waals surface area contributed by atoms with Crippen LogP contribution in [0, 0.1) is 11.6 Å². The van der Waals surface area contributed by atoms with Gasteiger partial charge in [-0.1, -0.05) is 11.2 Å². The van der Waals surface area contributed by atoms with Crippen molar-refractivity contribution in [3.05, 3.63) is 60.3 Å². The average Bonchev–Trinajstić information content (AvgIpc) is 3.03. The smallest absolute Gasteiger partial charge is 0.248 e. The molecule has 26 heavy (non-hydrogen) atoms. The van der Waals surface area contributed by atoms with Gasteiger partial charge in [0, 0.05) is 31.0 Å². The summed E-state index contributed by atoms with van der Waals surface area (Å²) in [7, 11) is -4.26. The highest BCUT2D eigenvalue weighted by molar-refractivity contribution is 7.89. The van der Waals surface area contributed by atoms with Crippen LogP contribution in [0.5, 0.6) is 0 Å². The lowest BCUT2D eigenvalue weighted by atomic mass is 10.0. The lowest BCUT2D eigenvalue weighted by Crippen LogP contribution is -2.48. The molecule has 134 valence electrons. The van der Waals surface area contributed by atoms with Crippen LogP contribution in [0.4, 0.5) is 8.78 Å². The first-order valence-electron chi connectivity index (χ1n) is 7.65. The molecule has 4 rings (SSSR count). The molecule has 0 spiro atoms. The van der Waals surface area contributed by atoms with Gasteiger partial charge in [-0.05, 0) is 24.3 Å². The van der Waals surface area contributed by atoms with Crippen LogP contribution >= 0.6 is 0 Å². The predicted molar refractivity (Wildman–Crippen MR) is 85.4 cm³/mol. The van der Waals surface area contributed by atoms with E-state index in [9.17, 15) is 17.2 Å². The number of halogens is 2. The topological polar surface area (TPSA) is 89.2 Å². The van der Waals surface area contributed by atoms with Gasteiger partial charge >= 0.3 is 0 Å². The summed E-state index contributed by atoms with van der Waals surface area (Å²) in [6.07, 6.45) is 3.18. The second kappa shape index (κ2) is 6.22. The Balaban J connectivity index is 1.52. The molecule has 1 aliphatic heterocycles. The minimum absolute atomic E-state index is 0.00802. The number of sulfonamides is 1. The zero-order valence-corrected chi connectivity index (χ0v) is 14.0. The molecule has 1 saturated heterocycles. The number of rotatable bonds is 4. The second-order valence-corrected chi connectivity index (χ2v) is 7.64. The van der Waals surface area contributed by atoms with Gasteiger partial charge < -0.3 is 4.52 Å². The van der Waals surface area contributed by atoms with E-state index in [1.165, 1.54) is 0 Å². The van der Waals surface area contributed by atoms with Crippen molar-refractivity contribution in [2.24, 2.45) is 0 Å². The van der Waals surface area contributed by atoms with Crippen LogP contribution in [0.3, 0.4) is 0 Å². The maximum atomic E-state index is 13.8. The molecule has 7 nitrogen and oxygen atoms in total. The Hall–Kier alpha value is -2.72. The largest absolute Gasteiger partial charge is 0.339 e. The van der Waals surface area contributed by atoms with Gasteiger partial charge in [0.15, 0.2) is 4.90 Å². The Bertz CT molecular complexity index is 1030. The minimum Gasteiger partial charge on any atom is -0.339 e. The van der Waals surface area contributed by atoms with Crippen molar-refractivity contribution in [3.8, 4) is 11.4 Å². The summed E-state index contributed by atoms with van der Waals surface area (Å²) in [6, 6.07) is 6.36. The molecule has 0 radical (unpaired) electrons. The summed E-state index contributed by atoms with van der Waals surface area (Å²) < 4.78 is 58.6. The molecule has 0 atom stereocenters. The number of hydrogen-bond donors (Lipinski definition) is 0. The van der Waals surface area contributed by atoms with Gasteiger partial charge in [-0.15, -0.1) is 0 Å². The van der Waals surface area contributed by atoms with E-state index in [1.54, 1.807) is 24.5 Å². The average molecular weight is 378 g/mol. The van der Waals surface area contributed by atoms with Crippen molar-refractivity contribution in [2.45, 2.75) is 10.8 Å². The van der Waals surface area contributed by atoms with Crippen LogP contribution in [-0.2, 0) is 10.0 Å². The summed E-state index contributed by atoms with van der Waals surface area (Å²) in [6.45, 7) is 0.0160. The zero-order valence-electron chi connectivity index (χ0n) is 13.2. The Morgan fingerprint density at radius 1 is 1.08 bits per heavy atom. The quantitative estimate of drug-likeness (QED) is 0.691. The molecule has 3 heterocycles. The third-order valence-electron chi connectivity index (χ3n) is 4.09. The first-order valence-corrected chi connectivity index (χ1v) is 9.09. The molecule has 1 fully saturated rings. The standard InChI is InChI=1S/C16H12F2N4O3S/c17-12-2-1-3-13(18)14(12)26(23,24)22-8-11(9-22)16-20-15(21-25-16)10-4-6-19-7-5-10/h1-7,11H,8-9H2. The maximum absolute atomic E-state index is 13.8. The molecule has 10 heteroatoms. The van der Waals surface area contributed by atoms with Gasteiger partial charge in [-0.2, -0.15) is 9.29 Å². The van der Waals surface area contributed by atoms with Crippen molar-refractivity contribution < 1.29 is 21.7 Å². The van der Waals surface area contributed by atoms with Gasteiger partial charge in [0.2, 0.25) is 21.7 Å². The Labute approximate surface area is 147 Å². The summed E-state index contributed by atoms with van der Waals surface area (Å²) in [5.41, 5.74) is 0.715. The van der Waals surface area contributed by atoms with E-state index in [0.29, 0.717) is 11.4 Å². The molecular weight excluding hydrogens is 366 g/mol. The number of pyridine rings is 1. The van der Waals surface area contributed by atoms with Crippen LogP contribution in [-0.4, -0.2) is 40.9 Å². The fourth-order valence-corrected chi connectivity index (χ4v) is 4.31. The molecule has 1 aliphatic rings. The number of nitrogens with zero attached hydrogens (tertiary/aromatic N) is 4. The van der Waals surface area contributed by atoms with E-state index in [-0.39, 0.29) is 24.9 Å². The highest BCUT2D eigenvalue weighted by Gasteiger charge is 2.42. The minimum atomic E-state index is -4.26. The van der Waals surface area contributed by atoms with E-state index in [0.717, 1.165) is 22.5 Å². The van der Waals surface area contributed by atoms with E-state index in [2.05, 4.69) is 15.1 Å². The highest BCUT2D eigenvalue weighted by Crippen LogP contribution is 2.33. The van der Waals surface area contributed by atoms with E-state index in [4.69, 9.17) is 4.52 Å². The maximum Gasteiger partial charge on any atom is 0.248 e. The van der Waals surface area contributed by atoms with Gasteiger partial charge in [-0.25, -0.2) is 17.2 Å². The molecule has 3 aromatic rings. The fraction of sp³-hybridized carbons (Fsp3) is 0.188. The molecule has 0 aliphatic carbocycles. The molecule has 0 bridgehead atoms. The van der Waals surface area contributed by atoms with Crippen molar-refractivity contribution in [2.75, 3.05) is 13.1 Å². The SMILES string of the molecule is O=S(=O)(c1c(F)cccc1F)N1CC(c2nc(-c3ccncc3)no2)C1. The fourth-order valence-electron chi connectivity index (χ4n) is 2.67. The molecule has 0 unspecified atom stereocenters. The van der Waals surface area contributed by atoms with E-state index in [1.807, 2.05) is 0 Å². The Morgan fingerprint density at radius 2 is 1.73 bits per heavy atom. The Morgan fingerprint density at radius 3 is 2.38 bits per heavy atom. The lowest BCUT2D eigenvalue weighted by molar-refractivity contribution is 0.215. The number of aromatic nitrogens is 3. The summed E-state index contributed by atoms with van der Waals surface area (Å²) in [5, 5.41) is 3.86. The van der Waals surface area contributed by atoms with Crippen LogP contribution in [0.15, 0.2) is 52.1 Å². The molecular formula is C16H12F2N4O3S. The summed E-state index contributed by atoms with van der Waals surface area (Å²) in [4.78, 5) is 7.21. The lowest BCUT2D eigenvalue weighted by Gasteiger charge is -2.35. The van der Waals surface area contributed by atoms with E-state index >= 15 is 0 Å². The zero-order chi connectivity index (χ0) is 18.3. The van der Waals surface area contributed by atoms with Crippen LogP contribution in [0.25, 0.3) is 11.4 Å². The van der Waals surface area contributed by atoms with Gasteiger partial charge in [0.05, 0.1) is 5.92 Å². The van der Waals surface area contributed by atoms with Gasteiger partial charge in [0.25, 0.3) is 0 Å². The first-order chi connectivity index (χ1) is 12.5. The van der Waals surface area contributed by atoms with Gasteiger partial charge in [-0.3, -0.25) is 4.98 Å². The monoisotopic (exact) mass is 378 g/mol. The highest BCUT2D eigenvalue weighted by atomic mass is 32.2. The molecule has 0 saturated carbocycles. The number of benzene rings is 1. The third-order valence-corrected chi connectivity index (χ3v) is 5.98. The van der Waals surface area contributed by atoms with Crippen molar-refractivity contribution in [1.82, 2.24) is 19.4 Å². The van der Waals surface area contributed by atoms with Gasteiger partial charge in [0.1, 0.15) is 11.6 Å². The first kappa shape index (κ1) is 16.7. The van der Waals surface area contributed by atoms with Crippen LogP contribution < -0.4 is 0 Å². The van der Waals surface area contributed by atoms with Crippen molar-refractivity contribution in [3.63, 3.8) is 0 Å². The van der Waals surface area contributed by atoms with Crippen LogP contribution in [0.2, 0.25) is 0 Å². The summed E-state index contributed by atoms with van der Waals surface area (Å²) in [5.74, 6) is -1.93. The molecule has 1 aromatic carbocycles.